The topological polar surface area (TPSA) is 69.4 Å². The van der Waals surface area contributed by atoms with Crippen LogP contribution in [-0.4, -0.2) is 17.3 Å². The number of carbonyl (C=O) groups is 1. The molecule has 17 heavy (non-hydrogen) atoms. The molecule has 0 aliphatic carbocycles. The summed E-state index contributed by atoms with van der Waals surface area (Å²) in [6.45, 7) is 1.49. The van der Waals surface area contributed by atoms with E-state index >= 15 is 0 Å². The molecule has 0 spiro atoms. The van der Waals surface area contributed by atoms with E-state index in [4.69, 9.17) is 16.3 Å². The Morgan fingerprint density at radius 1 is 1.53 bits per heavy atom. The van der Waals surface area contributed by atoms with Crippen molar-refractivity contribution >= 4 is 28.6 Å². The van der Waals surface area contributed by atoms with E-state index in [-0.39, 0.29) is 11.3 Å². The molecule has 0 heterocycles. The van der Waals surface area contributed by atoms with E-state index in [0.717, 1.165) is 0 Å². The Hall–Kier alpha value is -1.88. The van der Waals surface area contributed by atoms with Crippen LogP contribution in [0.3, 0.4) is 0 Å². The predicted octanol–water partition coefficient (Wildman–Crippen LogP) is 2.77. The van der Waals surface area contributed by atoms with Crippen molar-refractivity contribution in [3.8, 4) is 5.75 Å². The summed E-state index contributed by atoms with van der Waals surface area (Å²) < 4.78 is 4.89. The molecule has 6 heteroatoms. The van der Waals surface area contributed by atoms with Gasteiger partial charge >= 0.3 is 0 Å². The summed E-state index contributed by atoms with van der Waals surface area (Å²) in [7, 11) is 1.42. The maximum atomic E-state index is 10.9. The highest BCUT2D eigenvalue weighted by Gasteiger charge is 2.14. The van der Waals surface area contributed by atoms with Gasteiger partial charge in [-0.2, -0.15) is 0 Å². The fraction of sp³-hybridized carbons (Fsp3) is 0.182. The number of allylic oxidation sites excluding steroid dienone is 1. The maximum Gasteiger partial charge on any atom is 0.280 e. The normalized spacial score (nSPS) is 11.1. The summed E-state index contributed by atoms with van der Waals surface area (Å²) >= 11 is 5.27. The largest absolute Gasteiger partial charge is 0.497 e. The zero-order valence-corrected chi connectivity index (χ0v) is 10.0. The van der Waals surface area contributed by atoms with E-state index in [1.165, 1.54) is 32.2 Å². The number of halogens is 1. The molecule has 0 saturated carbocycles. The van der Waals surface area contributed by atoms with Crippen LogP contribution in [0.15, 0.2) is 23.8 Å². The Morgan fingerprint density at radius 3 is 2.65 bits per heavy atom. The second-order valence-corrected chi connectivity index (χ2v) is 3.63. The molecule has 5 nitrogen and oxygen atoms in total. The van der Waals surface area contributed by atoms with Gasteiger partial charge in [-0.15, -0.1) is 0 Å². The van der Waals surface area contributed by atoms with E-state index < -0.39 is 10.2 Å². The average Bonchev–Trinajstić information content (AvgIpc) is 2.29. The lowest BCUT2D eigenvalue weighted by atomic mass is 10.1. The fourth-order valence-electron chi connectivity index (χ4n) is 1.22. The maximum absolute atomic E-state index is 10.9. The van der Waals surface area contributed by atoms with E-state index in [1.807, 2.05) is 0 Å². The monoisotopic (exact) mass is 255 g/mol. The average molecular weight is 256 g/mol. The second-order valence-electron chi connectivity index (χ2n) is 3.28. The zero-order valence-electron chi connectivity index (χ0n) is 9.27. The third-order valence-electron chi connectivity index (χ3n) is 2.12. The van der Waals surface area contributed by atoms with Crippen molar-refractivity contribution in [3.05, 3.63) is 39.4 Å². The number of methoxy groups -OCH3 is 1. The van der Waals surface area contributed by atoms with Crippen LogP contribution in [0.25, 0.3) is 6.08 Å². The van der Waals surface area contributed by atoms with Crippen molar-refractivity contribution in [2.45, 2.75) is 6.92 Å². The van der Waals surface area contributed by atoms with Crippen molar-refractivity contribution < 1.29 is 14.5 Å². The Bertz CT molecular complexity index is 496. The Labute approximate surface area is 103 Å². The molecule has 0 bridgehead atoms. The molecular formula is C11H10ClNO4. The van der Waals surface area contributed by atoms with E-state index in [1.54, 1.807) is 6.07 Å². The van der Waals surface area contributed by atoms with Crippen LogP contribution in [-0.2, 0) is 4.79 Å². The van der Waals surface area contributed by atoms with Gasteiger partial charge in [0.05, 0.1) is 23.7 Å². The molecule has 90 valence electrons. The van der Waals surface area contributed by atoms with Gasteiger partial charge in [-0.1, -0.05) is 0 Å². The third-order valence-corrected chi connectivity index (χ3v) is 2.41. The number of hydrogen-bond acceptors (Lipinski definition) is 4. The van der Waals surface area contributed by atoms with Crippen LogP contribution in [0, 0.1) is 10.1 Å². The molecule has 0 unspecified atom stereocenters. The standard InChI is InChI=1S/C11H10ClNO4/c1-7(11(12)14)5-8-3-4-9(17-2)6-10(8)13(15)16/h3-6H,1-2H3. The highest BCUT2D eigenvalue weighted by atomic mass is 35.5. The highest BCUT2D eigenvalue weighted by Crippen LogP contribution is 2.26. The Kier molecular flexibility index (Phi) is 4.23. The summed E-state index contributed by atoms with van der Waals surface area (Å²) in [6, 6.07) is 4.36. The van der Waals surface area contributed by atoms with Gasteiger partial charge in [0.2, 0.25) is 5.24 Å². The van der Waals surface area contributed by atoms with Gasteiger partial charge in [0.25, 0.3) is 5.69 Å². The number of nitro groups is 1. The minimum Gasteiger partial charge on any atom is -0.497 e. The fourth-order valence-corrected chi connectivity index (χ4v) is 1.28. The first-order chi connectivity index (χ1) is 7.95. The first-order valence-corrected chi connectivity index (χ1v) is 5.04. The Balaban J connectivity index is 3.29. The van der Waals surface area contributed by atoms with Gasteiger partial charge in [0.1, 0.15) is 5.75 Å². The summed E-state index contributed by atoms with van der Waals surface area (Å²) in [4.78, 5) is 21.2. The lowest BCUT2D eigenvalue weighted by molar-refractivity contribution is -0.385. The van der Waals surface area contributed by atoms with Crippen molar-refractivity contribution in [2.24, 2.45) is 0 Å². The number of nitro benzene ring substituents is 1. The SMILES string of the molecule is COc1ccc(C=C(C)C(=O)Cl)c([N+](=O)[O-])c1. The molecule has 0 atom stereocenters. The van der Waals surface area contributed by atoms with Crippen molar-refractivity contribution in [2.75, 3.05) is 7.11 Å². The van der Waals surface area contributed by atoms with Crippen molar-refractivity contribution in [1.29, 1.82) is 0 Å². The first-order valence-electron chi connectivity index (χ1n) is 4.66. The van der Waals surface area contributed by atoms with Crippen LogP contribution in [0.4, 0.5) is 5.69 Å². The number of benzene rings is 1. The zero-order chi connectivity index (χ0) is 13.0. The third kappa shape index (κ3) is 3.29. The highest BCUT2D eigenvalue weighted by molar-refractivity contribution is 6.68. The van der Waals surface area contributed by atoms with Crippen LogP contribution in [0.5, 0.6) is 5.75 Å². The van der Waals surface area contributed by atoms with Crippen LogP contribution in [0.1, 0.15) is 12.5 Å². The number of nitrogens with zero attached hydrogens (tertiary/aromatic N) is 1. The van der Waals surface area contributed by atoms with Gasteiger partial charge in [0.15, 0.2) is 0 Å². The lowest BCUT2D eigenvalue weighted by Crippen LogP contribution is -1.95. The summed E-state index contributed by atoms with van der Waals surface area (Å²) in [5.41, 5.74) is 0.406. The summed E-state index contributed by atoms with van der Waals surface area (Å²) in [6.07, 6.45) is 1.37. The second kappa shape index (κ2) is 5.45. The van der Waals surface area contributed by atoms with Crippen LogP contribution >= 0.6 is 11.6 Å². The van der Waals surface area contributed by atoms with Gasteiger partial charge < -0.3 is 4.74 Å². The smallest absolute Gasteiger partial charge is 0.280 e. The number of rotatable bonds is 4. The lowest BCUT2D eigenvalue weighted by Gasteiger charge is -2.02. The number of carbonyl (C=O) groups excluding carboxylic acids is 1. The molecule has 0 amide bonds. The molecule has 0 saturated heterocycles. The van der Waals surface area contributed by atoms with E-state index in [9.17, 15) is 14.9 Å². The molecule has 0 aliphatic rings. The molecule has 0 aromatic heterocycles. The van der Waals surface area contributed by atoms with E-state index in [2.05, 4.69) is 0 Å². The molecule has 0 fully saturated rings. The summed E-state index contributed by atoms with van der Waals surface area (Å²) in [5, 5.41) is 10.2. The van der Waals surface area contributed by atoms with Crippen molar-refractivity contribution in [1.82, 2.24) is 0 Å². The minimum absolute atomic E-state index is 0.137. The molecule has 0 aliphatic heterocycles. The molecule has 1 aromatic rings. The van der Waals surface area contributed by atoms with E-state index in [0.29, 0.717) is 11.3 Å². The molecule has 0 radical (unpaired) electrons. The molecule has 1 rings (SSSR count). The summed E-state index contributed by atoms with van der Waals surface area (Å²) in [5.74, 6) is 0.378. The molecular weight excluding hydrogens is 246 g/mol. The van der Waals surface area contributed by atoms with Crippen molar-refractivity contribution in [3.63, 3.8) is 0 Å². The number of ether oxygens (including phenoxy) is 1. The quantitative estimate of drug-likeness (QED) is 0.359. The molecule has 1 aromatic carbocycles. The number of hydrogen-bond donors (Lipinski definition) is 0. The molecule has 0 N–H and O–H groups in total. The van der Waals surface area contributed by atoms with Gasteiger partial charge in [-0.3, -0.25) is 14.9 Å². The first kappa shape index (κ1) is 13.2. The minimum atomic E-state index is -0.643. The predicted molar refractivity (Wildman–Crippen MR) is 64.2 cm³/mol. The Morgan fingerprint density at radius 2 is 2.18 bits per heavy atom. The van der Waals surface area contributed by atoms with Gasteiger partial charge in [-0.25, -0.2) is 0 Å². The van der Waals surface area contributed by atoms with Gasteiger partial charge in [0, 0.05) is 5.57 Å². The van der Waals surface area contributed by atoms with Crippen LogP contribution < -0.4 is 4.74 Å². The van der Waals surface area contributed by atoms with Gasteiger partial charge in [-0.05, 0) is 36.7 Å². The van der Waals surface area contributed by atoms with Crippen LogP contribution in [0.2, 0.25) is 0 Å².